The summed E-state index contributed by atoms with van der Waals surface area (Å²) >= 11 is 0. The van der Waals surface area contributed by atoms with Crippen molar-refractivity contribution in [3.8, 4) is 0 Å². The zero-order valence-corrected chi connectivity index (χ0v) is 11.4. The fraction of sp³-hybridized carbons (Fsp3) is 0.600. The van der Waals surface area contributed by atoms with E-state index in [1.165, 1.54) is 18.1 Å². The molecule has 0 saturated carbocycles. The highest BCUT2D eigenvalue weighted by molar-refractivity contribution is 5.27. The zero-order chi connectivity index (χ0) is 12.8. The fourth-order valence-electron chi connectivity index (χ4n) is 2.37. The molecule has 0 aliphatic heterocycles. The summed E-state index contributed by atoms with van der Waals surface area (Å²) in [7, 11) is 1.98. The minimum absolute atomic E-state index is 0.127. The maximum Gasteiger partial charge on any atom is 0.123 e. The molecule has 0 radical (unpaired) electrons. The quantitative estimate of drug-likeness (QED) is 0.797. The van der Waals surface area contributed by atoms with Crippen molar-refractivity contribution >= 4 is 0 Å². The Hall–Kier alpha value is -0.890. The number of rotatable bonds is 6. The van der Waals surface area contributed by atoms with Crippen LogP contribution in [-0.4, -0.2) is 13.6 Å². The summed E-state index contributed by atoms with van der Waals surface area (Å²) in [6.07, 6.45) is 2.14. The largest absolute Gasteiger partial charge is 0.319 e. The number of halogens is 1. The molecule has 0 spiro atoms. The SMILES string of the molecule is CNCC(Cc1cc(F)ccc1C)CC(C)C. The molecule has 0 bridgehead atoms. The Morgan fingerprint density at radius 2 is 2.00 bits per heavy atom. The molecule has 0 fully saturated rings. The molecule has 0 aromatic heterocycles. The van der Waals surface area contributed by atoms with Crippen LogP contribution in [0.5, 0.6) is 0 Å². The molecule has 0 aliphatic carbocycles. The van der Waals surface area contributed by atoms with Gasteiger partial charge in [-0.15, -0.1) is 0 Å². The Morgan fingerprint density at radius 3 is 2.59 bits per heavy atom. The van der Waals surface area contributed by atoms with Gasteiger partial charge in [-0.25, -0.2) is 4.39 Å². The standard InChI is InChI=1S/C15H24FN/c1-11(2)7-13(10-17-4)8-14-9-15(16)6-5-12(14)3/h5-6,9,11,13,17H,7-8,10H2,1-4H3. The topological polar surface area (TPSA) is 12.0 Å². The Bertz CT molecular complexity index is 347. The highest BCUT2D eigenvalue weighted by atomic mass is 19.1. The van der Waals surface area contributed by atoms with Crippen LogP contribution in [0.25, 0.3) is 0 Å². The molecule has 1 aromatic rings. The molecule has 1 atom stereocenters. The van der Waals surface area contributed by atoms with Crippen LogP contribution in [0.4, 0.5) is 4.39 Å². The Balaban J connectivity index is 2.74. The second-order valence-electron chi connectivity index (χ2n) is 5.33. The second kappa shape index (κ2) is 6.75. The lowest BCUT2D eigenvalue weighted by Gasteiger charge is -2.19. The molecule has 1 rings (SSSR count). The van der Waals surface area contributed by atoms with Crippen LogP contribution in [0.1, 0.15) is 31.4 Å². The van der Waals surface area contributed by atoms with Gasteiger partial charge < -0.3 is 5.32 Å². The number of hydrogen-bond acceptors (Lipinski definition) is 1. The molecule has 17 heavy (non-hydrogen) atoms. The first-order valence-corrected chi connectivity index (χ1v) is 6.42. The van der Waals surface area contributed by atoms with Gasteiger partial charge in [-0.05, 0) is 68.5 Å². The van der Waals surface area contributed by atoms with E-state index in [-0.39, 0.29) is 5.82 Å². The van der Waals surface area contributed by atoms with Crippen molar-refractivity contribution in [1.82, 2.24) is 5.32 Å². The Labute approximate surface area is 104 Å². The summed E-state index contributed by atoms with van der Waals surface area (Å²) in [6.45, 7) is 7.52. The highest BCUT2D eigenvalue weighted by Crippen LogP contribution is 2.20. The van der Waals surface area contributed by atoms with Gasteiger partial charge in [0.1, 0.15) is 5.82 Å². The van der Waals surface area contributed by atoms with Gasteiger partial charge in [0.25, 0.3) is 0 Å². The molecule has 1 unspecified atom stereocenters. The first kappa shape index (κ1) is 14.2. The van der Waals surface area contributed by atoms with Gasteiger partial charge in [-0.1, -0.05) is 19.9 Å². The lowest BCUT2D eigenvalue weighted by atomic mass is 9.89. The number of aryl methyl sites for hydroxylation is 1. The highest BCUT2D eigenvalue weighted by Gasteiger charge is 2.12. The third-order valence-corrected chi connectivity index (χ3v) is 3.12. The first-order chi connectivity index (χ1) is 8.02. The molecule has 1 nitrogen and oxygen atoms in total. The lowest BCUT2D eigenvalue weighted by molar-refractivity contribution is 0.394. The molecular weight excluding hydrogens is 213 g/mol. The summed E-state index contributed by atoms with van der Waals surface area (Å²) < 4.78 is 13.2. The molecule has 0 heterocycles. The summed E-state index contributed by atoms with van der Waals surface area (Å²) in [4.78, 5) is 0. The van der Waals surface area contributed by atoms with Crippen molar-refractivity contribution in [1.29, 1.82) is 0 Å². The van der Waals surface area contributed by atoms with Gasteiger partial charge in [0, 0.05) is 0 Å². The van der Waals surface area contributed by atoms with E-state index in [2.05, 4.69) is 26.1 Å². The average molecular weight is 237 g/mol. The maximum atomic E-state index is 13.2. The minimum atomic E-state index is -0.127. The monoisotopic (exact) mass is 237 g/mol. The van der Waals surface area contributed by atoms with Crippen molar-refractivity contribution < 1.29 is 4.39 Å². The van der Waals surface area contributed by atoms with E-state index in [4.69, 9.17) is 0 Å². The zero-order valence-electron chi connectivity index (χ0n) is 11.4. The van der Waals surface area contributed by atoms with Crippen LogP contribution in [0, 0.1) is 24.6 Å². The van der Waals surface area contributed by atoms with Crippen LogP contribution in [0.15, 0.2) is 18.2 Å². The smallest absolute Gasteiger partial charge is 0.123 e. The molecule has 1 aromatic carbocycles. The predicted molar refractivity (Wildman–Crippen MR) is 71.7 cm³/mol. The van der Waals surface area contributed by atoms with Gasteiger partial charge >= 0.3 is 0 Å². The van der Waals surface area contributed by atoms with Crippen molar-refractivity contribution in [3.63, 3.8) is 0 Å². The number of benzene rings is 1. The molecule has 0 aliphatic rings. The molecule has 1 N–H and O–H groups in total. The minimum Gasteiger partial charge on any atom is -0.319 e. The number of hydrogen-bond donors (Lipinski definition) is 1. The van der Waals surface area contributed by atoms with Gasteiger partial charge in [0.05, 0.1) is 0 Å². The summed E-state index contributed by atoms with van der Waals surface area (Å²) in [5.41, 5.74) is 2.34. The van der Waals surface area contributed by atoms with Crippen molar-refractivity contribution in [2.24, 2.45) is 11.8 Å². The molecule has 2 heteroatoms. The predicted octanol–water partition coefficient (Wildman–Crippen LogP) is 3.56. The van der Waals surface area contributed by atoms with E-state index in [1.807, 2.05) is 13.1 Å². The van der Waals surface area contributed by atoms with Crippen LogP contribution in [-0.2, 0) is 6.42 Å². The lowest BCUT2D eigenvalue weighted by Crippen LogP contribution is -2.22. The van der Waals surface area contributed by atoms with Crippen molar-refractivity contribution in [2.45, 2.75) is 33.6 Å². The van der Waals surface area contributed by atoms with Crippen molar-refractivity contribution in [3.05, 3.63) is 35.1 Å². The van der Waals surface area contributed by atoms with Gasteiger partial charge in [-0.2, -0.15) is 0 Å². The third kappa shape index (κ3) is 4.86. The van der Waals surface area contributed by atoms with E-state index in [0.29, 0.717) is 11.8 Å². The van der Waals surface area contributed by atoms with Crippen LogP contribution < -0.4 is 5.32 Å². The van der Waals surface area contributed by atoms with Crippen molar-refractivity contribution in [2.75, 3.05) is 13.6 Å². The van der Waals surface area contributed by atoms with E-state index in [1.54, 1.807) is 6.07 Å². The van der Waals surface area contributed by atoms with Gasteiger partial charge in [0.2, 0.25) is 0 Å². The van der Waals surface area contributed by atoms with Crippen LogP contribution in [0.3, 0.4) is 0 Å². The van der Waals surface area contributed by atoms with E-state index < -0.39 is 0 Å². The normalized spacial score (nSPS) is 13.1. The fourth-order valence-corrected chi connectivity index (χ4v) is 2.37. The molecule has 0 saturated heterocycles. The molecule has 96 valence electrons. The van der Waals surface area contributed by atoms with Gasteiger partial charge in [0.15, 0.2) is 0 Å². The third-order valence-electron chi connectivity index (χ3n) is 3.12. The number of nitrogens with one attached hydrogen (secondary N) is 1. The van der Waals surface area contributed by atoms with Crippen LogP contribution >= 0.6 is 0 Å². The van der Waals surface area contributed by atoms with E-state index in [9.17, 15) is 4.39 Å². The Kier molecular flexibility index (Phi) is 5.63. The summed E-state index contributed by atoms with van der Waals surface area (Å²) in [5, 5.41) is 3.23. The van der Waals surface area contributed by atoms with E-state index in [0.717, 1.165) is 18.5 Å². The first-order valence-electron chi connectivity index (χ1n) is 6.42. The Morgan fingerprint density at radius 1 is 1.29 bits per heavy atom. The average Bonchev–Trinajstić information content (AvgIpc) is 2.23. The molecule has 0 amide bonds. The van der Waals surface area contributed by atoms with E-state index >= 15 is 0 Å². The summed E-state index contributed by atoms with van der Waals surface area (Å²) in [5.74, 6) is 1.14. The van der Waals surface area contributed by atoms with Crippen LogP contribution in [0.2, 0.25) is 0 Å². The maximum absolute atomic E-state index is 13.2. The second-order valence-corrected chi connectivity index (χ2v) is 5.33. The molecular formula is C15H24FN. The van der Waals surface area contributed by atoms with Gasteiger partial charge in [-0.3, -0.25) is 0 Å². The summed E-state index contributed by atoms with van der Waals surface area (Å²) in [6, 6.07) is 5.09.